The van der Waals surface area contributed by atoms with E-state index in [1.54, 1.807) is 4.68 Å². The normalized spacial score (nSPS) is 16.0. The number of rotatable bonds is 4. The smallest absolute Gasteiger partial charge is 0.244 e. The van der Waals surface area contributed by atoms with Gasteiger partial charge in [0.1, 0.15) is 6.54 Å². The Kier molecular flexibility index (Phi) is 4.47. The molecule has 3 rings (SSSR count). The van der Waals surface area contributed by atoms with Crippen LogP contribution in [0.15, 0.2) is 18.5 Å². The lowest BCUT2D eigenvalue weighted by Crippen LogP contribution is -2.49. The molecule has 7 heteroatoms. The lowest BCUT2D eigenvalue weighted by atomic mass is 10.2. The Hall–Kier alpha value is -2.15. The molecule has 1 fully saturated rings. The maximum atomic E-state index is 12.4. The molecule has 0 bridgehead atoms. The standard InChI is InChI=1S/C16H24N6O/c1-13-8-14(2)22(18-13)12-16(23)21-6-4-20(5-7-21)11-15-9-17-19(3)10-15/h8-10H,4-7,11-12H2,1-3H3. The molecule has 1 aliphatic heterocycles. The molecule has 7 nitrogen and oxygen atoms in total. The van der Waals surface area contributed by atoms with Crippen molar-refractivity contribution in [3.63, 3.8) is 0 Å². The summed E-state index contributed by atoms with van der Waals surface area (Å²) in [5.74, 6) is 0.150. The highest BCUT2D eigenvalue weighted by Crippen LogP contribution is 2.09. The maximum absolute atomic E-state index is 12.4. The highest BCUT2D eigenvalue weighted by molar-refractivity contribution is 5.76. The SMILES string of the molecule is Cc1cc(C)n(CC(=O)N2CCN(Cc3cnn(C)c3)CC2)n1. The van der Waals surface area contributed by atoms with Crippen molar-refractivity contribution in [2.45, 2.75) is 26.9 Å². The number of aryl methyl sites for hydroxylation is 3. The third kappa shape index (κ3) is 3.79. The Bertz CT molecular complexity index is 681. The van der Waals surface area contributed by atoms with E-state index in [1.807, 2.05) is 48.9 Å². The van der Waals surface area contributed by atoms with E-state index >= 15 is 0 Å². The van der Waals surface area contributed by atoms with Crippen molar-refractivity contribution in [1.82, 2.24) is 29.4 Å². The number of piperazine rings is 1. The summed E-state index contributed by atoms with van der Waals surface area (Å²) in [7, 11) is 1.93. The van der Waals surface area contributed by atoms with Gasteiger partial charge in [0.15, 0.2) is 0 Å². The topological polar surface area (TPSA) is 59.2 Å². The molecule has 1 aliphatic rings. The van der Waals surface area contributed by atoms with Gasteiger partial charge in [-0.2, -0.15) is 10.2 Å². The Morgan fingerprint density at radius 1 is 1.22 bits per heavy atom. The van der Waals surface area contributed by atoms with E-state index in [-0.39, 0.29) is 5.91 Å². The van der Waals surface area contributed by atoms with E-state index in [1.165, 1.54) is 5.56 Å². The molecule has 1 amide bonds. The van der Waals surface area contributed by atoms with Crippen molar-refractivity contribution in [3.05, 3.63) is 35.4 Å². The third-order valence-electron chi connectivity index (χ3n) is 4.28. The van der Waals surface area contributed by atoms with Crippen LogP contribution in [-0.4, -0.2) is 61.4 Å². The first-order valence-corrected chi connectivity index (χ1v) is 8.00. The molecule has 0 aromatic carbocycles. The summed E-state index contributed by atoms with van der Waals surface area (Å²) < 4.78 is 3.61. The van der Waals surface area contributed by atoms with Gasteiger partial charge in [-0.25, -0.2) is 0 Å². The van der Waals surface area contributed by atoms with Crippen molar-refractivity contribution in [3.8, 4) is 0 Å². The minimum absolute atomic E-state index is 0.150. The van der Waals surface area contributed by atoms with Crippen LogP contribution in [0.4, 0.5) is 0 Å². The summed E-state index contributed by atoms with van der Waals surface area (Å²) in [6.07, 6.45) is 3.95. The Morgan fingerprint density at radius 2 is 1.96 bits per heavy atom. The summed E-state index contributed by atoms with van der Waals surface area (Å²) in [6, 6.07) is 2.00. The molecule has 2 aromatic heterocycles. The van der Waals surface area contributed by atoms with Gasteiger partial charge >= 0.3 is 0 Å². The highest BCUT2D eigenvalue weighted by Gasteiger charge is 2.22. The van der Waals surface area contributed by atoms with Gasteiger partial charge < -0.3 is 4.90 Å². The molecule has 0 unspecified atom stereocenters. The van der Waals surface area contributed by atoms with Gasteiger partial charge in [-0.15, -0.1) is 0 Å². The lowest BCUT2D eigenvalue weighted by molar-refractivity contribution is -0.133. The van der Waals surface area contributed by atoms with Crippen LogP contribution in [0.25, 0.3) is 0 Å². The van der Waals surface area contributed by atoms with E-state index in [0.29, 0.717) is 6.54 Å². The van der Waals surface area contributed by atoms with E-state index in [9.17, 15) is 4.79 Å². The van der Waals surface area contributed by atoms with Gasteiger partial charge in [0.2, 0.25) is 5.91 Å². The van der Waals surface area contributed by atoms with Crippen molar-refractivity contribution in [1.29, 1.82) is 0 Å². The van der Waals surface area contributed by atoms with E-state index in [4.69, 9.17) is 0 Å². The number of carbonyl (C=O) groups is 1. The lowest BCUT2D eigenvalue weighted by Gasteiger charge is -2.34. The van der Waals surface area contributed by atoms with Gasteiger partial charge in [-0.1, -0.05) is 0 Å². The van der Waals surface area contributed by atoms with Crippen molar-refractivity contribution in [2.24, 2.45) is 7.05 Å². The molecular weight excluding hydrogens is 292 g/mol. The van der Waals surface area contributed by atoms with Crippen LogP contribution in [0.1, 0.15) is 17.0 Å². The zero-order valence-corrected chi connectivity index (χ0v) is 14.1. The van der Waals surface area contributed by atoms with Gasteiger partial charge in [0.25, 0.3) is 0 Å². The molecule has 0 N–H and O–H groups in total. The summed E-state index contributed by atoms with van der Waals surface area (Å²) >= 11 is 0. The van der Waals surface area contributed by atoms with Gasteiger partial charge in [0, 0.05) is 57.2 Å². The Balaban J connectivity index is 1.50. The van der Waals surface area contributed by atoms with Crippen LogP contribution in [-0.2, 0) is 24.9 Å². The maximum Gasteiger partial charge on any atom is 0.244 e. The van der Waals surface area contributed by atoms with E-state index < -0.39 is 0 Å². The molecule has 0 saturated carbocycles. The molecule has 0 spiro atoms. The van der Waals surface area contributed by atoms with E-state index in [2.05, 4.69) is 15.1 Å². The number of aromatic nitrogens is 4. The van der Waals surface area contributed by atoms with Crippen LogP contribution in [0.5, 0.6) is 0 Å². The van der Waals surface area contributed by atoms with Crippen LogP contribution in [0.2, 0.25) is 0 Å². The molecule has 1 saturated heterocycles. The molecule has 3 heterocycles. The zero-order valence-electron chi connectivity index (χ0n) is 14.1. The quantitative estimate of drug-likeness (QED) is 0.828. The number of amides is 1. The molecule has 0 atom stereocenters. The van der Waals surface area contributed by atoms with Gasteiger partial charge in [0.05, 0.1) is 11.9 Å². The Morgan fingerprint density at radius 3 is 2.52 bits per heavy atom. The summed E-state index contributed by atoms with van der Waals surface area (Å²) in [6.45, 7) is 8.52. The fourth-order valence-corrected chi connectivity index (χ4v) is 3.03. The predicted molar refractivity (Wildman–Crippen MR) is 86.8 cm³/mol. The number of nitrogens with zero attached hydrogens (tertiary/aromatic N) is 6. The van der Waals surface area contributed by atoms with Gasteiger partial charge in [-0.05, 0) is 19.9 Å². The fraction of sp³-hybridized carbons (Fsp3) is 0.562. The third-order valence-corrected chi connectivity index (χ3v) is 4.28. The zero-order chi connectivity index (χ0) is 16.4. The first-order valence-electron chi connectivity index (χ1n) is 8.00. The average molecular weight is 316 g/mol. The van der Waals surface area contributed by atoms with Crippen LogP contribution in [0.3, 0.4) is 0 Å². The second kappa shape index (κ2) is 6.54. The minimum Gasteiger partial charge on any atom is -0.339 e. The molecule has 124 valence electrons. The fourth-order valence-electron chi connectivity index (χ4n) is 3.03. The largest absolute Gasteiger partial charge is 0.339 e. The molecule has 2 aromatic rings. The first kappa shape index (κ1) is 15.7. The number of carbonyl (C=O) groups excluding carboxylic acids is 1. The average Bonchev–Trinajstić information content (AvgIpc) is 3.05. The summed E-state index contributed by atoms with van der Waals surface area (Å²) in [4.78, 5) is 16.7. The molecule has 0 aliphatic carbocycles. The number of hydrogen-bond donors (Lipinski definition) is 0. The molecular formula is C16H24N6O. The number of hydrogen-bond acceptors (Lipinski definition) is 4. The van der Waals surface area contributed by atoms with Crippen molar-refractivity contribution >= 4 is 5.91 Å². The predicted octanol–water partition coefficient (Wildman–Crippen LogP) is 0.578. The molecule has 0 radical (unpaired) electrons. The van der Waals surface area contributed by atoms with Crippen LogP contribution < -0.4 is 0 Å². The Labute approximate surface area is 136 Å². The van der Waals surface area contributed by atoms with Crippen LogP contribution >= 0.6 is 0 Å². The molecule has 23 heavy (non-hydrogen) atoms. The van der Waals surface area contributed by atoms with Crippen molar-refractivity contribution < 1.29 is 4.79 Å². The summed E-state index contributed by atoms with van der Waals surface area (Å²) in [5.41, 5.74) is 3.21. The summed E-state index contributed by atoms with van der Waals surface area (Å²) in [5, 5.41) is 8.57. The van der Waals surface area contributed by atoms with E-state index in [0.717, 1.165) is 44.1 Å². The van der Waals surface area contributed by atoms with Gasteiger partial charge in [-0.3, -0.25) is 19.1 Å². The monoisotopic (exact) mass is 316 g/mol. The second-order valence-electron chi connectivity index (χ2n) is 6.26. The first-order chi connectivity index (χ1) is 11.0. The minimum atomic E-state index is 0.150. The van der Waals surface area contributed by atoms with Crippen LogP contribution in [0, 0.1) is 13.8 Å². The second-order valence-corrected chi connectivity index (χ2v) is 6.26. The van der Waals surface area contributed by atoms with Crippen molar-refractivity contribution in [2.75, 3.05) is 26.2 Å². The highest BCUT2D eigenvalue weighted by atomic mass is 16.2.